The van der Waals surface area contributed by atoms with Gasteiger partial charge < -0.3 is 4.90 Å². The standard InChI is InChI=1S/C50H41N/c1-49(2)45-17-11-10-16-43(45)47-48(49)44-31-27-39(33-46(44)50(47,3)4)37-24-20-34(21-25-37)18-19-35-22-28-41(29-23-35)51(40-14-6-5-7-15-40)42-30-26-36-12-8-9-13-38(36)32-42/h5-33H,1-4H3/b19-18+. The molecule has 2 aliphatic carbocycles. The lowest BCUT2D eigenvalue weighted by molar-refractivity contribution is 0.694. The molecule has 0 saturated carbocycles. The van der Waals surface area contributed by atoms with Crippen molar-refractivity contribution < 1.29 is 0 Å². The number of nitrogens with zero attached hydrogens (tertiary/aromatic N) is 1. The van der Waals surface area contributed by atoms with E-state index < -0.39 is 0 Å². The summed E-state index contributed by atoms with van der Waals surface area (Å²) in [6.07, 6.45) is 4.41. The monoisotopic (exact) mass is 655 g/mol. The maximum absolute atomic E-state index is 2.44. The van der Waals surface area contributed by atoms with E-state index in [-0.39, 0.29) is 10.8 Å². The first-order chi connectivity index (χ1) is 24.8. The average Bonchev–Trinajstić information content (AvgIpc) is 3.56. The summed E-state index contributed by atoms with van der Waals surface area (Å²) in [5.74, 6) is 0. The molecule has 0 saturated heterocycles. The van der Waals surface area contributed by atoms with Crippen molar-refractivity contribution in [3.05, 3.63) is 197 Å². The van der Waals surface area contributed by atoms with Gasteiger partial charge in [-0.25, -0.2) is 0 Å². The molecule has 0 heterocycles. The van der Waals surface area contributed by atoms with E-state index in [2.05, 4.69) is 209 Å². The van der Waals surface area contributed by atoms with Crippen LogP contribution in [0.15, 0.2) is 164 Å². The predicted octanol–water partition coefficient (Wildman–Crippen LogP) is 13.6. The van der Waals surface area contributed by atoms with Crippen LogP contribution in [0.3, 0.4) is 0 Å². The summed E-state index contributed by atoms with van der Waals surface area (Å²) in [4.78, 5) is 2.32. The van der Waals surface area contributed by atoms with E-state index in [1.54, 1.807) is 0 Å². The van der Waals surface area contributed by atoms with Crippen molar-refractivity contribution >= 4 is 51.1 Å². The fourth-order valence-electron chi connectivity index (χ4n) is 8.60. The van der Waals surface area contributed by atoms with Gasteiger partial charge in [-0.15, -0.1) is 0 Å². The van der Waals surface area contributed by atoms with Crippen LogP contribution in [0.2, 0.25) is 0 Å². The average molecular weight is 656 g/mol. The molecule has 0 unspecified atom stereocenters. The molecule has 7 aromatic rings. The third-order valence-electron chi connectivity index (χ3n) is 11.2. The Labute approximate surface area is 301 Å². The molecule has 0 N–H and O–H groups in total. The lowest BCUT2D eigenvalue weighted by Gasteiger charge is -2.28. The molecule has 2 aliphatic rings. The van der Waals surface area contributed by atoms with Gasteiger partial charge in [0.1, 0.15) is 0 Å². The Morgan fingerprint density at radius 2 is 0.922 bits per heavy atom. The molecule has 0 aliphatic heterocycles. The van der Waals surface area contributed by atoms with Gasteiger partial charge in [-0.1, -0.05) is 161 Å². The van der Waals surface area contributed by atoms with Crippen molar-refractivity contribution in [2.45, 2.75) is 38.5 Å². The molecule has 0 spiro atoms. The van der Waals surface area contributed by atoms with Crippen molar-refractivity contribution in [2.75, 3.05) is 4.90 Å². The van der Waals surface area contributed by atoms with Crippen LogP contribution in [-0.4, -0.2) is 0 Å². The largest absolute Gasteiger partial charge is 0.310 e. The zero-order valence-corrected chi connectivity index (χ0v) is 29.7. The van der Waals surface area contributed by atoms with Gasteiger partial charge in [0.2, 0.25) is 0 Å². The molecule has 1 heteroatoms. The molecule has 51 heavy (non-hydrogen) atoms. The lowest BCUT2D eigenvalue weighted by Crippen LogP contribution is -2.19. The molecule has 246 valence electrons. The highest BCUT2D eigenvalue weighted by molar-refractivity contribution is 6.09. The number of benzene rings is 7. The second-order valence-electron chi connectivity index (χ2n) is 15.1. The first kappa shape index (κ1) is 31.1. The van der Waals surface area contributed by atoms with E-state index in [0.29, 0.717) is 0 Å². The third-order valence-corrected chi connectivity index (χ3v) is 11.2. The third kappa shape index (κ3) is 5.15. The minimum Gasteiger partial charge on any atom is -0.310 e. The fourth-order valence-corrected chi connectivity index (χ4v) is 8.60. The molecule has 0 fully saturated rings. The van der Waals surface area contributed by atoms with Crippen LogP contribution in [0.25, 0.3) is 45.2 Å². The number of allylic oxidation sites excluding steroid dienone is 2. The molecular formula is C50H41N. The van der Waals surface area contributed by atoms with Gasteiger partial charge in [-0.3, -0.25) is 0 Å². The Morgan fingerprint density at radius 3 is 1.65 bits per heavy atom. The highest BCUT2D eigenvalue weighted by Crippen LogP contribution is 2.62. The molecule has 0 atom stereocenters. The minimum absolute atomic E-state index is 0.00275. The number of hydrogen-bond donors (Lipinski definition) is 0. The summed E-state index contributed by atoms with van der Waals surface area (Å²) in [5.41, 5.74) is 17.0. The zero-order valence-electron chi connectivity index (χ0n) is 29.7. The van der Waals surface area contributed by atoms with Gasteiger partial charge in [-0.05, 0) is 109 Å². The minimum atomic E-state index is -0.0453. The van der Waals surface area contributed by atoms with Crippen molar-refractivity contribution in [1.29, 1.82) is 0 Å². The number of para-hydroxylation sites is 1. The van der Waals surface area contributed by atoms with E-state index in [1.807, 2.05) is 0 Å². The predicted molar refractivity (Wildman–Crippen MR) is 219 cm³/mol. The Hall–Kier alpha value is -5.92. The molecule has 0 amide bonds. The topological polar surface area (TPSA) is 3.24 Å². The summed E-state index contributed by atoms with van der Waals surface area (Å²) in [6, 6.07) is 59.7. The van der Waals surface area contributed by atoms with Crippen molar-refractivity contribution in [2.24, 2.45) is 0 Å². The number of hydrogen-bond acceptors (Lipinski definition) is 1. The van der Waals surface area contributed by atoms with Crippen LogP contribution in [-0.2, 0) is 10.8 Å². The van der Waals surface area contributed by atoms with Gasteiger partial charge in [-0.2, -0.15) is 0 Å². The molecule has 7 aromatic carbocycles. The molecular weight excluding hydrogens is 615 g/mol. The van der Waals surface area contributed by atoms with Crippen LogP contribution in [0.4, 0.5) is 17.1 Å². The Balaban J connectivity index is 0.954. The Morgan fingerprint density at radius 1 is 0.392 bits per heavy atom. The van der Waals surface area contributed by atoms with Gasteiger partial charge >= 0.3 is 0 Å². The SMILES string of the molecule is CC1(C)C2=C(c3ccccc31)C(C)(C)c1cc(-c3ccc(/C=C/c4ccc(N(c5ccccc5)c5ccc6ccccc6c5)cc4)cc3)ccc12. The first-order valence-corrected chi connectivity index (χ1v) is 18.0. The maximum Gasteiger partial charge on any atom is 0.0468 e. The smallest absolute Gasteiger partial charge is 0.0468 e. The second-order valence-corrected chi connectivity index (χ2v) is 15.1. The van der Waals surface area contributed by atoms with Crippen LogP contribution in [0, 0.1) is 0 Å². The maximum atomic E-state index is 2.44. The summed E-state index contributed by atoms with van der Waals surface area (Å²) in [5, 5.41) is 2.48. The highest BCUT2D eigenvalue weighted by Gasteiger charge is 2.49. The van der Waals surface area contributed by atoms with Crippen LogP contribution in [0.5, 0.6) is 0 Å². The molecule has 0 bridgehead atoms. The van der Waals surface area contributed by atoms with E-state index in [9.17, 15) is 0 Å². The second kappa shape index (κ2) is 11.9. The lowest BCUT2D eigenvalue weighted by atomic mass is 9.75. The number of fused-ring (bicyclic) bond motifs is 5. The van der Waals surface area contributed by atoms with Gasteiger partial charge in [0.05, 0.1) is 0 Å². The molecule has 0 radical (unpaired) electrons. The van der Waals surface area contributed by atoms with Crippen LogP contribution in [0.1, 0.15) is 61.1 Å². The fraction of sp³-hybridized carbons (Fsp3) is 0.120. The normalized spacial score (nSPS) is 15.2. The Kier molecular flexibility index (Phi) is 7.22. The van der Waals surface area contributed by atoms with E-state index in [1.165, 1.54) is 66.4 Å². The highest BCUT2D eigenvalue weighted by atomic mass is 15.1. The summed E-state index contributed by atoms with van der Waals surface area (Å²) in [7, 11) is 0. The van der Waals surface area contributed by atoms with Gasteiger partial charge in [0.25, 0.3) is 0 Å². The zero-order chi connectivity index (χ0) is 34.7. The van der Waals surface area contributed by atoms with E-state index in [4.69, 9.17) is 0 Å². The van der Waals surface area contributed by atoms with E-state index >= 15 is 0 Å². The summed E-state index contributed by atoms with van der Waals surface area (Å²) < 4.78 is 0. The first-order valence-electron chi connectivity index (χ1n) is 18.0. The summed E-state index contributed by atoms with van der Waals surface area (Å²) in [6.45, 7) is 9.58. The number of rotatable bonds is 6. The van der Waals surface area contributed by atoms with Crippen molar-refractivity contribution in [1.82, 2.24) is 0 Å². The molecule has 1 nitrogen and oxygen atoms in total. The van der Waals surface area contributed by atoms with Gasteiger partial charge in [0, 0.05) is 27.9 Å². The van der Waals surface area contributed by atoms with Crippen molar-refractivity contribution in [3.8, 4) is 11.1 Å². The number of anilines is 3. The van der Waals surface area contributed by atoms with Crippen LogP contribution < -0.4 is 4.90 Å². The van der Waals surface area contributed by atoms with E-state index in [0.717, 1.165) is 17.1 Å². The van der Waals surface area contributed by atoms with Gasteiger partial charge in [0.15, 0.2) is 0 Å². The Bertz CT molecular complexity index is 2490. The molecule has 9 rings (SSSR count). The van der Waals surface area contributed by atoms with Crippen molar-refractivity contribution in [3.63, 3.8) is 0 Å². The quantitative estimate of drug-likeness (QED) is 0.161. The van der Waals surface area contributed by atoms with Crippen LogP contribution >= 0.6 is 0 Å². The summed E-state index contributed by atoms with van der Waals surface area (Å²) >= 11 is 0. The molecule has 0 aromatic heterocycles.